The highest BCUT2D eigenvalue weighted by Crippen LogP contribution is 2.25. The molecule has 7 heteroatoms. The van der Waals surface area contributed by atoms with E-state index in [4.69, 9.17) is 23.8 Å². The largest absolute Gasteiger partial charge is 0.389 e. The zero-order chi connectivity index (χ0) is 14.0. The molecule has 0 bridgehead atoms. The number of nitrogens with one attached hydrogen (secondary N) is 1. The van der Waals surface area contributed by atoms with Gasteiger partial charge in [0.2, 0.25) is 0 Å². The second kappa shape index (κ2) is 5.54. The van der Waals surface area contributed by atoms with Crippen molar-refractivity contribution in [2.75, 3.05) is 0 Å². The van der Waals surface area contributed by atoms with E-state index in [0.29, 0.717) is 22.8 Å². The zero-order valence-corrected chi connectivity index (χ0v) is 11.5. The van der Waals surface area contributed by atoms with Crippen molar-refractivity contribution in [1.29, 1.82) is 0 Å². The van der Waals surface area contributed by atoms with Gasteiger partial charge in [0.1, 0.15) is 0 Å². The summed E-state index contributed by atoms with van der Waals surface area (Å²) in [6.45, 7) is 0.429. The first-order valence-electron chi connectivity index (χ1n) is 5.82. The number of rotatable bonds is 4. The zero-order valence-electron chi connectivity index (χ0n) is 9.93. The number of aryl methyl sites for hydroxylation is 1. The molecule has 104 valence electrons. The summed E-state index contributed by atoms with van der Waals surface area (Å²) < 4.78 is 38.4. The van der Waals surface area contributed by atoms with Crippen molar-refractivity contribution in [1.82, 2.24) is 9.55 Å². The number of alkyl halides is 3. The van der Waals surface area contributed by atoms with E-state index >= 15 is 0 Å². The fourth-order valence-electron chi connectivity index (χ4n) is 1.98. The number of unbranched alkanes of at least 4 members (excludes halogenated alkanes) is 1. The van der Waals surface area contributed by atoms with Crippen LogP contribution in [-0.2, 0) is 6.54 Å². The lowest BCUT2D eigenvalue weighted by Crippen LogP contribution is -2.07. The molecule has 0 aliphatic carbocycles. The molecule has 0 aliphatic rings. The number of aromatic amines is 1. The van der Waals surface area contributed by atoms with Crippen LogP contribution in [0.5, 0.6) is 0 Å². The Bertz CT molecular complexity index is 630. The van der Waals surface area contributed by atoms with Gasteiger partial charge >= 0.3 is 6.18 Å². The first kappa shape index (κ1) is 14.4. The van der Waals surface area contributed by atoms with Crippen molar-refractivity contribution in [2.45, 2.75) is 32.0 Å². The Morgan fingerprint density at radius 1 is 1.26 bits per heavy atom. The first-order chi connectivity index (χ1) is 8.88. The maximum atomic E-state index is 12.1. The molecule has 1 aromatic heterocycles. The lowest BCUT2D eigenvalue weighted by molar-refractivity contribution is -0.135. The number of halogens is 4. The molecule has 0 amide bonds. The third kappa shape index (κ3) is 3.51. The van der Waals surface area contributed by atoms with Gasteiger partial charge in [-0.05, 0) is 37.2 Å². The van der Waals surface area contributed by atoms with Gasteiger partial charge in [0.15, 0.2) is 4.77 Å². The number of aromatic nitrogens is 2. The SMILES string of the molecule is FC(F)(F)CCCCn1c(=S)[nH]c2cccc(Cl)c21. The Labute approximate surface area is 118 Å². The molecular formula is C12H12ClF3N2S. The fourth-order valence-corrected chi connectivity index (χ4v) is 2.55. The van der Waals surface area contributed by atoms with Gasteiger partial charge in [0.05, 0.1) is 16.1 Å². The molecule has 0 saturated heterocycles. The Morgan fingerprint density at radius 2 is 2.00 bits per heavy atom. The topological polar surface area (TPSA) is 20.7 Å². The van der Waals surface area contributed by atoms with Crippen LogP contribution in [0.1, 0.15) is 19.3 Å². The van der Waals surface area contributed by atoms with Crippen molar-refractivity contribution < 1.29 is 13.2 Å². The van der Waals surface area contributed by atoms with Crippen molar-refractivity contribution in [3.63, 3.8) is 0 Å². The summed E-state index contributed by atoms with van der Waals surface area (Å²) in [5.74, 6) is 0. The Morgan fingerprint density at radius 3 is 2.68 bits per heavy atom. The summed E-state index contributed by atoms with van der Waals surface area (Å²) in [6.07, 6.45) is -4.37. The van der Waals surface area contributed by atoms with Crippen LogP contribution in [0.2, 0.25) is 5.02 Å². The maximum Gasteiger partial charge on any atom is 0.389 e. The van der Waals surface area contributed by atoms with E-state index < -0.39 is 12.6 Å². The molecule has 0 spiro atoms. The molecule has 0 radical (unpaired) electrons. The molecule has 0 fully saturated rings. The monoisotopic (exact) mass is 308 g/mol. The number of hydrogen-bond donors (Lipinski definition) is 1. The summed E-state index contributed by atoms with van der Waals surface area (Å²) in [5.41, 5.74) is 1.55. The Kier molecular flexibility index (Phi) is 4.20. The summed E-state index contributed by atoms with van der Waals surface area (Å²) in [6, 6.07) is 5.37. The van der Waals surface area contributed by atoms with Crippen LogP contribution in [0.15, 0.2) is 18.2 Å². The molecule has 2 rings (SSSR count). The van der Waals surface area contributed by atoms with Crippen molar-refractivity contribution in [3.8, 4) is 0 Å². The highest BCUT2D eigenvalue weighted by Gasteiger charge is 2.25. The summed E-state index contributed by atoms with van der Waals surface area (Å²) in [5, 5.41) is 0.542. The normalized spacial score (nSPS) is 12.2. The molecule has 0 unspecified atom stereocenters. The van der Waals surface area contributed by atoms with Gasteiger partial charge < -0.3 is 9.55 Å². The highest BCUT2D eigenvalue weighted by atomic mass is 35.5. The van der Waals surface area contributed by atoms with E-state index in [1.54, 1.807) is 16.7 Å². The smallest absolute Gasteiger partial charge is 0.331 e. The number of nitrogens with zero attached hydrogens (tertiary/aromatic N) is 1. The number of imidazole rings is 1. The minimum atomic E-state index is -4.10. The van der Waals surface area contributed by atoms with Gasteiger partial charge in [-0.1, -0.05) is 17.7 Å². The molecule has 2 nitrogen and oxygen atoms in total. The van der Waals surface area contributed by atoms with Crippen molar-refractivity contribution in [2.24, 2.45) is 0 Å². The number of fused-ring (bicyclic) bond motifs is 1. The van der Waals surface area contributed by atoms with E-state index in [0.717, 1.165) is 11.0 Å². The van der Waals surface area contributed by atoms with Gasteiger partial charge in [0.25, 0.3) is 0 Å². The molecule has 0 saturated carbocycles. The summed E-state index contributed by atoms with van der Waals surface area (Å²) >= 11 is 11.3. The molecule has 1 N–H and O–H groups in total. The fraction of sp³-hybridized carbons (Fsp3) is 0.417. The third-order valence-corrected chi connectivity index (χ3v) is 3.46. The molecule has 1 heterocycles. The molecule has 0 atom stereocenters. The van der Waals surface area contributed by atoms with Crippen LogP contribution in [0.3, 0.4) is 0 Å². The first-order valence-corrected chi connectivity index (χ1v) is 6.61. The predicted octanol–water partition coefficient (Wildman–Crippen LogP) is 5.08. The summed E-state index contributed by atoms with van der Waals surface area (Å²) in [7, 11) is 0. The Balaban J connectivity index is 2.13. The van der Waals surface area contributed by atoms with Gasteiger partial charge in [-0.15, -0.1) is 0 Å². The van der Waals surface area contributed by atoms with E-state index in [2.05, 4.69) is 4.98 Å². The van der Waals surface area contributed by atoms with Gasteiger partial charge in [-0.2, -0.15) is 13.2 Å². The van der Waals surface area contributed by atoms with Gasteiger partial charge in [-0.3, -0.25) is 0 Å². The Hall–Kier alpha value is -1.01. The second-order valence-corrected chi connectivity index (χ2v) is 5.08. The molecule has 1 aromatic carbocycles. The molecule has 0 aliphatic heterocycles. The van der Waals surface area contributed by atoms with E-state index in [1.165, 1.54) is 0 Å². The highest BCUT2D eigenvalue weighted by molar-refractivity contribution is 7.71. The van der Waals surface area contributed by atoms with Crippen molar-refractivity contribution in [3.05, 3.63) is 28.0 Å². The van der Waals surface area contributed by atoms with E-state index in [-0.39, 0.29) is 6.42 Å². The maximum absolute atomic E-state index is 12.1. The van der Waals surface area contributed by atoms with Gasteiger partial charge in [0, 0.05) is 13.0 Å². The van der Waals surface area contributed by atoms with Crippen LogP contribution in [0.25, 0.3) is 11.0 Å². The molecule has 19 heavy (non-hydrogen) atoms. The van der Waals surface area contributed by atoms with Gasteiger partial charge in [-0.25, -0.2) is 0 Å². The molecule has 2 aromatic rings. The van der Waals surface area contributed by atoms with Crippen LogP contribution in [-0.4, -0.2) is 15.7 Å². The lowest BCUT2D eigenvalue weighted by atomic mass is 10.2. The van der Waals surface area contributed by atoms with E-state index in [1.807, 2.05) is 6.07 Å². The quantitative estimate of drug-likeness (QED) is 0.616. The lowest BCUT2D eigenvalue weighted by Gasteiger charge is -2.07. The average Bonchev–Trinajstić information content (AvgIpc) is 2.61. The van der Waals surface area contributed by atoms with Crippen LogP contribution in [0.4, 0.5) is 13.2 Å². The number of benzene rings is 1. The van der Waals surface area contributed by atoms with Crippen molar-refractivity contribution >= 4 is 34.9 Å². The average molecular weight is 309 g/mol. The van der Waals surface area contributed by atoms with E-state index in [9.17, 15) is 13.2 Å². The second-order valence-electron chi connectivity index (χ2n) is 4.29. The number of H-pyrrole nitrogens is 1. The molecular weight excluding hydrogens is 297 g/mol. The van der Waals surface area contributed by atoms with Crippen LogP contribution in [0, 0.1) is 4.77 Å². The van der Waals surface area contributed by atoms with Crippen LogP contribution < -0.4 is 0 Å². The minimum absolute atomic E-state index is 0.0857. The number of hydrogen-bond acceptors (Lipinski definition) is 1. The predicted molar refractivity (Wildman–Crippen MR) is 72.0 cm³/mol. The van der Waals surface area contributed by atoms with Crippen LogP contribution >= 0.6 is 23.8 Å². The third-order valence-electron chi connectivity index (χ3n) is 2.84. The standard InChI is InChI=1S/C12H12ClF3N2S/c13-8-4-3-5-9-10(8)18(11(19)17-9)7-2-1-6-12(14,15)16/h3-5H,1-2,6-7H2,(H,17,19). The summed E-state index contributed by atoms with van der Waals surface area (Å²) in [4.78, 5) is 3.00. The minimum Gasteiger partial charge on any atom is -0.331 e. The number of para-hydroxylation sites is 1.